The van der Waals surface area contributed by atoms with Crippen LogP contribution in [0.15, 0.2) is 60.7 Å². The van der Waals surface area contributed by atoms with Gasteiger partial charge in [-0.3, -0.25) is 19.3 Å². The molecule has 3 amide bonds. The summed E-state index contributed by atoms with van der Waals surface area (Å²) in [4.78, 5) is 43.3. The topological polar surface area (TPSA) is 111 Å². The smallest absolute Gasteiger partial charge is 0.251 e. The van der Waals surface area contributed by atoms with Gasteiger partial charge in [0.25, 0.3) is 5.91 Å². The van der Waals surface area contributed by atoms with Gasteiger partial charge in [0, 0.05) is 38.8 Å². The number of carbonyl (C=O) groups is 3. The largest absolute Gasteiger partial charge is 0.489 e. The van der Waals surface area contributed by atoms with E-state index in [-0.39, 0.29) is 23.6 Å². The zero-order valence-corrected chi connectivity index (χ0v) is 25.3. The minimum Gasteiger partial charge on any atom is -0.489 e. The van der Waals surface area contributed by atoms with Crippen molar-refractivity contribution in [1.82, 2.24) is 20.4 Å². The highest BCUT2D eigenvalue weighted by molar-refractivity contribution is 6.00. The van der Waals surface area contributed by atoms with Gasteiger partial charge in [-0.05, 0) is 73.4 Å². The van der Waals surface area contributed by atoms with E-state index in [1.54, 1.807) is 31.3 Å². The third-order valence-corrected chi connectivity index (χ3v) is 9.22. The van der Waals surface area contributed by atoms with Gasteiger partial charge in [0.1, 0.15) is 23.9 Å². The van der Waals surface area contributed by atoms with Crippen LogP contribution in [0.3, 0.4) is 0 Å². The quantitative estimate of drug-likeness (QED) is 0.347. The Bertz CT molecular complexity index is 1290. The highest BCUT2D eigenvalue weighted by Crippen LogP contribution is 2.36. The van der Waals surface area contributed by atoms with Crippen LogP contribution in [0, 0.1) is 5.92 Å². The first kappa shape index (κ1) is 30.8. The van der Waals surface area contributed by atoms with Crippen molar-refractivity contribution in [2.75, 3.05) is 26.7 Å². The maximum Gasteiger partial charge on any atom is 0.251 e. The molecule has 0 saturated carbocycles. The number of nitrogens with one attached hydrogen (secondary N) is 2. The number of nitrogens with zero attached hydrogens (tertiary/aromatic N) is 2. The second-order valence-electron chi connectivity index (χ2n) is 12.0. The molecule has 0 aromatic heterocycles. The molecule has 2 aromatic rings. The Hall–Kier alpha value is -3.69. The second kappa shape index (κ2) is 13.7. The number of piperazine rings is 1. The molecule has 0 radical (unpaired) electrons. The number of amides is 3. The van der Waals surface area contributed by atoms with Crippen molar-refractivity contribution >= 4 is 17.7 Å². The number of hydrogen-bond donors (Lipinski definition) is 3. The van der Waals surface area contributed by atoms with Crippen LogP contribution in [-0.4, -0.2) is 77.0 Å². The fourth-order valence-corrected chi connectivity index (χ4v) is 6.49. The van der Waals surface area contributed by atoms with Crippen LogP contribution in [0.2, 0.25) is 0 Å². The third-order valence-electron chi connectivity index (χ3n) is 9.22. The van der Waals surface area contributed by atoms with Gasteiger partial charge in [-0.25, -0.2) is 0 Å². The van der Waals surface area contributed by atoms with E-state index in [2.05, 4.69) is 46.7 Å². The molecule has 1 spiro atoms. The van der Waals surface area contributed by atoms with Crippen molar-refractivity contribution in [2.24, 2.45) is 5.92 Å². The van der Waals surface area contributed by atoms with Gasteiger partial charge in [0.05, 0.1) is 6.10 Å². The average Bonchev–Trinajstić information content (AvgIpc) is 3.58. The fourth-order valence-electron chi connectivity index (χ4n) is 6.49. The first-order chi connectivity index (χ1) is 20.8. The lowest BCUT2D eigenvalue weighted by molar-refractivity contribution is -0.165. The predicted molar refractivity (Wildman–Crippen MR) is 164 cm³/mol. The molecule has 3 N–H and O–H groups in total. The lowest BCUT2D eigenvalue weighted by atomic mass is 9.79. The fraction of sp³-hybridized carbons (Fsp3) is 0.500. The van der Waals surface area contributed by atoms with Crippen LogP contribution in [0.5, 0.6) is 5.75 Å². The SMILES string of the molecule is CCCCN1C(=O)[C@@H]([C@H](O)C2CC=CC2)NC(=O)C12CCN(Cc1ccc(COc3ccc(C(=O)NC)cc3)cc1)CC2. The van der Waals surface area contributed by atoms with Crippen molar-refractivity contribution in [2.45, 2.75) is 76.3 Å². The maximum atomic E-state index is 13.7. The van der Waals surface area contributed by atoms with E-state index >= 15 is 0 Å². The van der Waals surface area contributed by atoms with E-state index in [4.69, 9.17) is 4.74 Å². The minimum atomic E-state index is -0.879. The summed E-state index contributed by atoms with van der Waals surface area (Å²) in [5.74, 6) is 0.286. The predicted octanol–water partition coefficient (Wildman–Crippen LogP) is 3.41. The van der Waals surface area contributed by atoms with Crippen LogP contribution in [0.25, 0.3) is 0 Å². The molecular formula is C34H44N4O5. The molecule has 43 heavy (non-hydrogen) atoms. The Balaban J connectivity index is 1.16. The summed E-state index contributed by atoms with van der Waals surface area (Å²) < 4.78 is 5.89. The van der Waals surface area contributed by atoms with Gasteiger partial charge in [0.15, 0.2) is 0 Å². The molecule has 9 nitrogen and oxygen atoms in total. The van der Waals surface area contributed by atoms with Gasteiger partial charge >= 0.3 is 0 Å². The van der Waals surface area contributed by atoms with Crippen molar-refractivity contribution in [1.29, 1.82) is 0 Å². The summed E-state index contributed by atoms with van der Waals surface area (Å²) in [5.41, 5.74) is 1.96. The molecule has 3 aliphatic rings. The van der Waals surface area contributed by atoms with Crippen molar-refractivity contribution in [3.05, 3.63) is 77.4 Å². The highest BCUT2D eigenvalue weighted by atomic mass is 16.5. The van der Waals surface area contributed by atoms with Crippen molar-refractivity contribution in [3.63, 3.8) is 0 Å². The number of ether oxygens (including phenoxy) is 1. The monoisotopic (exact) mass is 588 g/mol. The number of piperidine rings is 1. The normalized spacial score (nSPS) is 21.2. The molecule has 2 saturated heterocycles. The molecule has 0 unspecified atom stereocenters. The molecule has 2 atom stereocenters. The van der Waals surface area contributed by atoms with Crippen LogP contribution >= 0.6 is 0 Å². The number of carbonyl (C=O) groups excluding carboxylic acids is 3. The van der Waals surface area contributed by atoms with E-state index in [1.807, 2.05) is 17.1 Å². The Kier molecular flexibility index (Phi) is 9.82. The van der Waals surface area contributed by atoms with Crippen LogP contribution in [0.1, 0.15) is 66.9 Å². The zero-order chi connectivity index (χ0) is 30.4. The molecule has 2 aromatic carbocycles. The lowest BCUT2D eigenvalue weighted by Crippen LogP contribution is -2.75. The van der Waals surface area contributed by atoms with Gasteiger partial charge < -0.3 is 25.4 Å². The lowest BCUT2D eigenvalue weighted by Gasteiger charge is -2.52. The molecular weight excluding hydrogens is 544 g/mol. The third kappa shape index (κ3) is 6.78. The Morgan fingerprint density at radius 3 is 2.33 bits per heavy atom. The number of rotatable bonds is 11. The standard InChI is InChI=1S/C34H44N4O5/c1-3-4-19-38-32(41)29(30(39)26-7-5-6-8-26)36-33(42)34(38)17-20-37(21-18-34)22-24-9-11-25(12-10-24)23-43-28-15-13-27(14-16-28)31(40)35-2/h5-6,9-16,26,29-30,39H,3-4,7-8,17-23H2,1-2H3,(H,35,40)(H,36,42)/t29-,30-/m1/s1. The number of unbranched alkanes of at least 4 members (excludes halogenated alkanes) is 1. The summed E-state index contributed by atoms with van der Waals surface area (Å²) in [6.07, 6.45) is 7.57. The van der Waals surface area contributed by atoms with Crippen molar-refractivity contribution < 1.29 is 24.2 Å². The summed E-state index contributed by atoms with van der Waals surface area (Å²) in [7, 11) is 1.61. The van der Waals surface area contributed by atoms with Crippen LogP contribution < -0.4 is 15.4 Å². The zero-order valence-electron chi connectivity index (χ0n) is 25.3. The van der Waals surface area contributed by atoms with Crippen LogP contribution in [0.4, 0.5) is 0 Å². The summed E-state index contributed by atoms with van der Waals surface area (Å²) in [6, 6.07) is 14.5. The molecule has 0 bridgehead atoms. The van der Waals surface area contributed by atoms with Gasteiger partial charge in [-0.15, -0.1) is 0 Å². The molecule has 2 fully saturated rings. The summed E-state index contributed by atoms with van der Waals surface area (Å²) in [6.45, 7) is 5.23. The van der Waals surface area contributed by atoms with E-state index < -0.39 is 17.7 Å². The van der Waals surface area contributed by atoms with Crippen LogP contribution in [-0.2, 0) is 22.7 Å². The number of allylic oxidation sites excluding steroid dienone is 2. The molecule has 9 heteroatoms. The highest BCUT2D eigenvalue weighted by Gasteiger charge is 2.55. The summed E-state index contributed by atoms with van der Waals surface area (Å²) >= 11 is 0. The van der Waals surface area contributed by atoms with E-state index in [0.29, 0.717) is 50.4 Å². The number of aliphatic hydroxyl groups is 1. The van der Waals surface area contributed by atoms with Crippen molar-refractivity contribution in [3.8, 4) is 5.75 Å². The second-order valence-corrected chi connectivity index (χ2v) is 12.0. The number of benzene rings is 2. The number of aliphatic hydroxyl groups excluding tert-OH is 1. The Morgan fingerprint density at radius 1 is 1.05 bits per heavy atom. The number of likely N-dealkylation sites (tertiary alicyclic amines) is 1. The average molecular weight is 589 g/mol. The number of hydrogen-bond acceptors (Lipinski definition) is 6. The van der Waals surface area contributed by atoms with Gasteiger partial charge in [-0.2, -0.15) is 0 Å². The Labute approximate surface area is 254 Å². The minimum absolute atomic E-state index is 0.0297. The van der Waals surface area contributed by atoms with E-state index in [9.17, 15) is 19.5 Å². The molecule has 230 valence electrons. The van der Waals surface area contributed by atoms with Gasteiger partial charge in [0.2, 0.25) is 11.8 Å². The maximum absolute atomic E-state index is 13.7. The molecule has 2 aliphatic heterocycles. The first-order valence-electron chi connectivity index (χ1n) is 15.5. The Morgan fingerprint density at radius 2 is 1.70 bits per heavy atom. The molecule has 5 rings (SSSR count). The molecule has 2 heterocycles. The molecule has 1 aliphatic carbocycles. The van der Waals surface area contributed by atoms with Gasteiger partial charge in [-0.1, -0.05) is 49.8 Å². The summed E-state index contributed by atoms with van der Waals surface area (Å²) in [5, 5.41) is 16.6. The van der Waals surface area contributed by atoms with E-state index in [0.717, 1.165) is 37.8 Å². The van der Waals surface area contributed by atoms with E-state index in [1.165, 1.54) is 5.56 Å². The first-order valence-corrected chi connectivity index (χ1v) is 15.5.